The third-order valence-electron chi connectivity index (χ3n) is 3.77. The number of amides is 1. The second-order valence-electron chi connectivity index (χ2n) is 6.99. The number of rotatable bonds is 4. The molecule has 0 saturated carbocycles. The van der Waals surface area contributed by atoms with E-state index >= 15 is 0 Å². The van der Waals surface area contributed by atoms with Gasteiger partial charge in [-0.2, -0.15) is 0 Å². The summed E-state index contributed by atoms with van der Waals surface area (Å²) in [6, 6.07) is 2.90. The van der Waals surface area contributed by atoms with E-state index in [0.29, 0.717) is 19.5 Å². The molecular weight excluding hydrogens is 318 g/mol. The number of benzene rings is 1. The number of likely N-dealkylation sites (tertiary alicyclic amines) is 1. The smallest absolute Gasteiger partial charge is 0.407 e. The molecule has 0 bridgehead atoms. The van der Waals surface area contributed by atoms with Crippen molar-refractivity contribution in [1.29, 1.82) is 0 Å². The zero-order valence-electron chi connectivity index (χ0n) is 14.2. The molecule has 2 unspecified atom stereocenters. The van der Waals surface area contributed by atoms with Crippen LogP contribution < -0.4 is 5.32 Å². The first-order chi connectivity index (χ1) is 11.2. The number of carbonyl (C=O) groups excluding carboxylic acids is 1. The van der Waals surface area contributed by atoms with E-state index in [-0.39, 0.29) is 12.1 Å². The lowest BCUT2D eigenvalue weighted by atomic mass is 10.0. The van der Waals surface area contributed by atoms with Crippen LogP contribution in [0.1, 0.15) is 38.8 Å². The summed E-state index contributed by atoms with van der Waals surface area (Å²) < 4.78 is 32.6. The average molecular weight is 342 g/mol. The van der Waals surface area contributed by atoms with E-state index in [1.165, 1.54) is 0 Å². The van der Waals surface area contributed by atoms with Crippen LogP contribution in [0.25, 0.3) is 0 Å². The Morgan fingerprint density at radius 3 is 2.79 bits per heavy atom. The topological polar surface area (TPSA) is 61.8 Å². The van der Waals surface area contributed by atoms with Gasteiger partial charge in [0, 0.05) is 31.2 Å². The number of hydrogen-bond donors (Lipinski definition) is 2. The molecule has 2 N–H and O–H groups in total. The van der Waals surface area contributed by atoms with Gasteiger partial charge in [-0.25, -0.2) is 13.6 Å². The Labute approximate surface area is 140 Å². The predicted molar refractivity (Wildman–Crippen MR) is 85.5 cm³/mol. The van der Waals surface area contributed by atoms with Gasteiger partial charge in [0.15, 0.2) is 0 Å². The third-order valence-corrected chi connectivity index (χ3v) is 3.77. The fraction of sp³-hybridized carbons (Fsp3) is 0.588. The van der Waals surface area contributed by atoms with Crippen LogP contribution >= 0.6 is 0 Å². The zero-order valence-corrected chi connectivity index (χ0v) is 14.2. The maximum atomic E-state index is 14.0. The molecule has 1 aliphatic rings. The molecule has 7 heteroatoms. The fourth-order valence-electron chi connectivity index (χ4n) is 2.84. The van der Waals surface area contributed by atoms with Crippen molar-refractivity contribution >= 4 is 6.09 Å². The lowest BCUT2D eigenvalue weighted by molar-refractivity contribution is 0.0520. The number of ether oxygens (including phenoxy) is 1. The number of carbonyl (C=O) groups is 1. The van der Waals surface area contributed by atoms with Gasteiger partial charge < -0.3 is 15.2 Å². The van der Waals surface area contributed by atoms with Gasteiger partial charge in [0.2, 0.25) is 0 Å². The fourth-order valence-corrected chi connectivity index (χ4v) is 2.84. The first-order valence-corrected chi connectivity index (χ1v) is 7.99. The first kappa shape index (κ1) is 18.6. The number of halogens is 2. The lowest BCUT2D eigenvalue weighted by Crippen LogP contribution is -2.38. The van der Waals surface area contributed by atoms with E-state index in [1.807, 2.05) is 4.90 Å². The quantitative estimate of drug-likeness (QED) is 0.883. The van der Waals surface area contributed by atoms with Gasteiger partial charge in [-0.05, 0) is 45.4 Å². The van der Waals surface area contributed by atoms with E-state index in [4.69, 9.17) is 4.74 Å². The van der Waals surface area contributed by atoms with Gasteiger partial charge in [-0.3, -0.25) is 4.90 Å². The molecule has 0 aromatic heterocycles. The second kappa shape index (κ2) is 7.44. The summed E-state index contributed by atoms with van der Waals surface area (Å²) in [4.78, 5) is 13.5. The maximum absolute atomic E-state index is 14.0. The molecule has 134 valence electrons. The summed E-state index contributed by atoms with van der Waals surface area (Å²) in [5, 5.41) is 12.5. The van der Waals surface area contributed by atoms with Crippen molar-refractivity contribution in [3.8, 4) is 0 Å². The summed E-state index contributed by atoms with van der Waals surface area (Å²) in [6.45, 7) is 6.34. The number of alkyl carbamates (subject to hydrolysis) is 1. The van der Waals surface area contributed by atoms with Crippen LogP contribution in [0.5, 0.6) is 0 Å². The highest BCUT2D eigenvalue weighted by Gasteiger charge is 2.33. The summed E-state index contributed by atoms with van der Waals surface area (Å²) in [6.07, 6.45) is -0.817. The molecule has 1 saturated heterocycles. The van der Waals surface area contributed by atoms with Crippen molar-refractivity contribution in [2.24, 2.45) is 0 Å². The van der Waals surface area contributed by atoms with Gasteiger partial charge in [0.05, 0.1) is 6.10 Å². The number of aliphatic hydroxyl groups is 1. The number of aliphatic hydroxyl groups excluding tert-OH is 1. The standard InChI is InChI=1S/C17H24F2N2O3/c1-17(2,3)24-16(23)20-6-7-21-10-12(22)9-15(21)13-8-11(18)4-5-14(13)19/h4-5,8,12,15,22H,6-7,9-10H2,1-3H3,(H,20,23). The Balaban J connectivity index is 1.96. The molecule has 1 aromatic rings. The van der Waals surface area contributed by atoms with Crippen LogP contribution in [0.3, 0.4) is 0 Å². The Morgan fingerprint density at radius 2 is 2.12 bits per heavy atom. The highest BCUT2D eigenvalue weighted by molar-refractivity contribution is 5.67. The van der Waals surface area contributed by atoms with Crippen LogP contribution in [0.2, 0.25) is 0 Å². The molecule has 2 atom stereocenters. The minimum absolute atomic E-state index is 0.226. The SMILES string of the molecule is CC(C)(C)OC(=O)NCCN1CC(O)CC1c1cc(F)ccc1F. The maximum Gasteiger partial charge on any atom is 0.407 e. The molecule has 0 aliphatic carbocycles. The van der Waals surface area contributed by atoms with Gasteiger partial charge >= 0.3 is 6.09 Å². The molecule has 0 radical (unpaired) electrons. The summed E-state index contributed by atoms with van der Waals surface area (Å²) >= 11 is 0. The predicted octanol–water partition coefficient (Wildman–Crippen LogP) is 2.60. The van der Waals surface area contributed by atoms with Crippen molar-refractivity contribution in [2.45, 2.75) is 44.9 Å². The number of β-amino-alcohol motifs (C(OH)–C–C–N with tert-alkyl or cyclic N) is 1. The molecule has 2 rings (SSSR count). The van der Waals surface area contributed by atoms with Crippen molar-refractivity contribution in [3.63, 3.8) is 0 Å². The van der Waals surface area contributed by atoms with E-state index in [0.717, 1.165) is 18.2 Å². The molecule has 24 heavy (non-hydrogen) atoms. The Kier molecular flexibility index (Phi) is 5.77. The molecule has 1 aromatic carbocycles. The average Bonchev–Trinajstić information content (AvgIpc) is 2.80. The van der Waals surface area contributed by atoms with Gasteiger partial charge in [-0.15, -0.1) is 0 Å². The molecule has 1 heterocycles. The van der Waals surface area contributed by atoms with Gasteiger partial charge in [0.1, 0.15) is 17.2 Å². The molecule has 1 fully saturated rings. The Morgan fingerprint density at radius 1 is 1.42 bits per heavy atom. The normalized spacial score (nSPS) is 21.8. The van der Waals surface area contributed by atoms with Crippen LogP contribution in [0.4, 0.5) is 13.6 Å². The third kappa shape index (κ3) is 5.14. The minimum Gasteiger partial charge on any atom is -0.444 e. The minimum atomic E-state index is -0.612. The van der Waals surface area contributed by atoms with Crippen molar-refractivity contribution in [2.75, 3.05) is 19.6 Å². The number of nitrogens with one attached hydrogen (secondary N) is 1. The monoisotopic (exact) mass is 342 g/mol. The van der Waals surface area contributed by atoms with Crippen LogP contribution in [0.15, 0.2) is 18.2 Å². The lowest BCUT2D eigenvalue weighted by Gasteiger charge is -2.25. The highest BCUT2D eigenvalue weighted by Crippen LogP contribution is 2.33. The van der Waals surface area contributed by atoms with Crippen molar-refractivity contribution < 1.29 is 23.4 Å². The van der Waals surface area contributed by atoms with Crippen molar-refractivity contribution in [1.82, 2.24) is 10.2 Å². The van der Waals surface area contributed by atoms with Crippen LogP contribution in [0, 0.1) is 11.6 Å². The van der Waals surface area contributed by atoms with Crippen molar-refractivity contribution in [3.05, 3.63) is 35.4 Å². The summed E-state index contributed by atoms with van der Waals surface area (Å²) in [5.41, 5.74) is -0.356. The van der Waals surface area contributed by atoms with E-state index in [1.54, 1.807) is 20.8 Å². The Hall–Kier alpha value is -1.73. The van der Waals surface area contributed by atoms with E-state index < -0.39 is 35.5 Å². The first-order valence-electron chi connectivity index (χ1n) is 7.99. The van der Waals surface area contributed by atoms with E-state index in [9.17, 15) is 18.7 Å². The van der Waals surface area contributed by atoms with Crippen LogP contribution in [-0.2, 0) is 4.74 Å². The highest BCUT2D eigenvalue weighted by atomic mass is 19.1. The molecule has 1 amide bonds. The summed E-state index contributed by atoms with van der Waals surface area (Å²) in [7, 11) is 0. The largest absolute Gasteiger partial charge is 0.444 e. The Bertz CT molecular complexity index is 590. The molecule has 1 aliphatic heterocycles. The molecule has 5 nitrogen and oxygen atoms in total. The van der Waals surface area contributed by atoms with E-state index in [2.05, 4.69) is 5.32 Å². The molecule has 0 spiro atoms. The molecular formula is C17H24F2N2O3. The number of hydrogen-bond acceptors (Lipinski definition) is 4. The second-order valence-corrected chi connectivity index (χ2v) is 6.99. The zero-order chi connectivity index (χ0) is 17.9. The number of nitrogens with zero attached hydrogens (tertiary/aromatic N) is 1. The van der Waals surface area contributed by atoms with Crippen LogP contribution in [-0.4, -0.2) is 47.4 Å². The van der Waals surface area contributed by atoms with Gasteiger partial charge in [0.25, 0.3) is 0 Å². The summed E-state index contributed by atoms with van der Waals surface area (Å²) in [5.74, 6) is -1.01. The van der Waals surface area contributed by atoms with Gasteiger partial charge in [-0.1, -0.05) is 0 Å².